The molecule has 6 atom stereocenters. The second-order valence-corrected chi connectivity index (χ2v) is 11.7. The lowest BCUT2D eigenvalue weighted by Gasteiger charge is -2.42. The SMILES string of the molecule is COc1cccc2c1C(=O)c1c(O)c3c(c(O)c1C2=O)C[C@@](O)(C(C)=O)C[C@@H]3O[C@H]1C[C@H](N)[C@H](O)[C@H](C)O1.O=P(O)(O)O. The number of aromatic hydroxyl groups is 2. The molecule has 0 bridgehead atoms. The number of phenols is 2. The van der Waals surface area contributed by atoms with E-state index in [0.29, 0.717) is 0 Å². The van der Waals surface area contributed by atoms with Gasteiger partial charge >= 0.3 is 7.82 Å². The molecule has 0 unspecified atom stereocenters. The van der Waals surface area contributed by atoms with Gasteiger partial charge in [0, 0.05) is 42.0 Å². The van der Waals surface area contributed by atoms with Crippen LogP contribution in [0.2, 0.25) is 0 Å². The maximum Gasteiger partial charge on any atom is 0.466 e. The summed E-state index contributed by atoms with van der Waals surface area (Å²) in [5, 5.41) is 44.1. The van der Waals surface area contributed by atoms with E-state index >= 15 is 0 Å². The van der Waals surface area contributed by atoms with Crippen molar-refractivity contribution in [3.63, 3.8) is 0 Å². The lowest BCUT2D eigenvalue weighted by Crippen LogP contribution is -2.52. The number of aliphatic hydroxyl groups excluding tert-OH is 1. The number of rotatable bonds is 4. The zero-order valence-corrected chi connectivity index (χ0v) is 24.1. The zero-order chi connectivity index (χ0) is 32.2. The first-order valence-corrected chi connectivity index (χ1v) is 14.6. The van der Waals surface area contributed by atoms with Crippen molar-refractivity contribution in [2.75, 3.05) is 7.11 Å². The van der Waals surface area contributed by atoms with Gasteiger partial charge in [0.15, 0.2) is 17.9 Å². The van der Waals surface area contributed by atoms with E-state index in [1.807, 2.05) is 0 Å². The predicted molar refractivity (Wildman–Crippen MR) is 145 cm³/mol. The maximum atomic E-state index is 13.6. The number of nitrogens with two attached hydrogens (primary N) is 1. The van der Waals surface area contributed by atoms with E-state index in [4.69, 9.17) is 39.2 Å². The van der Waals surface area contributed by atoms with Crippen LogP contribution in [0.3, 0.4) is 0 Å². The summed E-state index contributed by atoms with van der Waals surface area (Å²) in [6, 6.07) is 3.75. The Morgan fingerprint density at radius 1 is 1.09 bits per heavy atom. The van der Waals surface area contributed by atoms with Gasteiger partial charge in [-0.3, -0.25) is 14.4 Å². The molecule has 1 heterocycles. The summed E-state index contributed by atoms with van der Waals surface area (Å²) in [6.45, 7) is 2.79. The van der Waals surface area contributed by atoms with E-state index in [2.05, 4.69) is 0 Å². The topological polar surface area (TPSA) is 264 Å². The molecule has 0 radical (unpaired) electrons. The van der Waals surface area contributed by atoms with Gasteiger partial charge in [-0.2, -0.15) is 0 Å². The number of Topliss-reactive ketones (excluding diaryl/α,β-unsaturated/α-hetero) is 1. The zero-order valence-electron chi connectivity index (χ0n) is 23.3. The van der Waals surface area contributed by atoms with Crippen LogP contribution in [0.1, 0.15) is 75.8 Å². The Morgan fingerprint density at radius 2 is 1.70 bits per heavy atom. The van der Waals surface area contributed by atoms with Crippen LogP contribution < -0.4 is 10.5 Å². The van der Waals surface area contributed by atoms with Crippen molar-refractivity contribution in [3.05, 3.63) is 51.6 Å². The fourth-order valence-corrected chi connectivity index (χ4v) is 5.66. The Morgan fingerprint density at radius 3 is 2.26 bits per heavy atom. The molecule has 5 rings (SSSR count). The minimum Gasteiger partial charge on any atom is -0.507 e. The summed E-state index contributed by atoms with van der Waals surface area (Å²) in [5.74, 6) is -3.18. The van der Waals surface area contributed by atoms with Crippen molar-refractivity contribution < 1.29 is 68.3 Å². The quantitative estimate of drug-likeness (QED) is 0.141. The maximum absolute atomic E-state index is 13.6. The number of aliphatic hydroxyl groups is 2. The molecule has 0 saturated carbocycles. The highest BCUT2D eigenvalue weighted by Gasteiger charge is 2.49. The third-order valence-corrected chi connectivity index (χ3v) is 7.80. The molecule has 1 aliphatic heterocycles. The second kappa shape index (κ2) is 11.7. The molecule has 1 saturated heterocycles. The van der Waals surface area contributed by atoms with E-state index < -0.39 is 90.5 Å². The van der Waals surface area contributed by atoms with Gasteiger partial charge in [-0.05, 0) is 19.9 Å². The largest absolute Gasteiger partial charge is 0.507 e. The average molecular weight is 626 g/mol. The summed E-state index contributed by atoms with van der Waals surface area (Å²) < 4.78 is 25.9. The van der Waals surface area contributed by atoms with Gasteiger partial charge in [0.05, 0.1) is 42.1 Å². The summed E-state index contributed by atoms with van der Waals surface area (Å²) in [5.41, 5.74) is 2.97. The molecule has 0 amide bonds. The molecule has 2 aromatic carbocycles. The number of fused-ring (bicyclic) bond motifs is 3. The van der Waals surface area contributed by atoms with Gasteiger partial charge in [-0.1, -0.05) is 12.1 Å². The van der Waals surface area contributed by atoms with Crippen LogP contribution in [-0.2, 0) is 25.3 Å². The third kappa shape index (κ3) is 6.09. The minimum absolute atomic E-state index is 0.0147. The van der Waals surface area contributed by atoms with Crippen LogP contribution in [0.25, 0.3) is 0 Å². The molecule has 234 valence electrons. The first-order chi connectivity index (χ1) is 19.9. The molecule has 0 spiro atoms. The highest BCUT2D eigenvalue weighted by atomic mass is 31.2. The summed E-state index contributed by atoms with van der Waals surface area (Å²) in [6.07, 6.45) is -4.53. The Hall–Kier alpha value is -3.24. The number of carbonyl (C=O) groups excluding carboxylic acids is 3. The molecule has 9 N–H and O–H groups in total. The van der Waals surface area contributed by atoms with Crippen molar-refractivity contribution in [2.45, 2.75) is 69.4 Å². The molecular formula is C27H32NO14P. The van der Waals surface area contributed by atoms with E-state index in [1.165, 1.54) is 32.2 Å². The first-order valence-electron chi connectivity index (χ1n) is 13.0. The number of ether oxygens (including phenoxy) is 3. The lowest BCUT2D eigenvalue weighted by molar-refractivity contribution is -0.247. The molecule has 2 aromatic rings. The normalized spacial score (nSPS) is 28.2. The summed E-state index contributed by atoms with van der Waals surface area (Å²) >= 11 is 0. The molecule has 1 fully saturated rings. The van der Waals surface area contributed by atoms with Crippen LogP contribution in [-0.4, -0.2) is 89.7 Å². The van der Waals surface area contributed by atoms with Crippen LogP contribution in [0.4, 0.5) is 0 Å². The number of benzene rings is 2. The van der Waals surface area contributed by atoms with Crippen molar-refractivity contribution in [2.24, 2.45) is 5.73 Å². The van der Waals surface area contributed by atoms with Crippen LogP contribution >= 0.6 is 7.82 Å². The van der Waals surface area contributed by atoms with E-state index in [-0.39, 0.29) is 40.8 Å². The molecule has 3 aliphatic rings. The van der Waals surface area contributed by atoms with E-state index in [0.717, 1.165) is 0 Å². The number of hydrogen-bond donors (Lipinski definition) is 8. The van der Waals surface area contributed by atoms with Gasteiger partial charge in [0.25, 0.3) is 0 Å². The molecule has 43 heavy (non-hydrogen) atoms. The average Bonchev–Trinajstić information content (AvgIpc) is 2.90. The van der Waals surface area contributed by atoms with E-state index in [1.54, 1.807) is 6.92 Å². The number of ketones is 3. The molecule has 2 aliphatic carbocycles. The van der Waals surface area contributed by atoms with Crippen molar-refractivity contribution in [1.82, 2.24) is 0 Å². The van der Waals surface area contributed by atoms with Crippen LogP contribution in [0.15, 0.2) is 18.2 Å². The number of phenolic OH excluding ortho intramolecular Hbond substituents is 2. The Balaban J connectivity index is 0.000000782. The summed E-state index contributed by atoms with van der Waals surface area (Å²) in [7, 11) is -3.30. The van der Waals surface area contributed by atoms with Gasteiger partial charge in [-0.25, -0.2) is 4.57 Å². The van der Waals surface area contributed by atoms with Gasteiger partial charge in [-0.15, -0.1) is 0 Å². The fraction of sp³-hybridized carbons (Fsp3) is 0.444. The molecule has 15 nitrogen and oxygen atoms in total. The molecular weight excluding hydrogens is 593 g/mol. The Labute approximate surface area is 244 Å². The number of hydrogen-bond acceptors (Lipinski definition) is 12. The number of phosphoric acid groups is 1. The van der Waals surface area contributed by atoms with Gasteiger partial charge in [0.2, 0.25) is 5.78 Å². The standard InChI is InChI=1S/C27H29NO10.H3O4P/c1-10-22(30)14(28)7-17(37-10)38-16-9-27(35,11(2)29)8-13-19(16)26(34)21-20(24(13)32)23(31)12-5-4-6-15(36-3)18(12)25(21)33;1-5(2,3)4/h4-6,10,14,16-17,22,30,32,34-35H,7-9,28H2,1-3H3;(H3,1,2,3,4)/t10-,14-,16-,17-,22+,27-;/m0./s1. The number of methoxy groups -OCH3 is 1. The molecule has 16 heteroatoms. The monoisotopic (exact) mass is 625 g/mol. The summed E-state index contributed by atoms with van der Waals surface area (Å²) in [4.78, 5) is 61.2. The van der Waals surface area contributed by atoms with Crippen molar-refractivity contribution in [3.8, 4) is 17.2 Å². The third-order valence-electron chi connectivity index (χ3n) is 7.80. The Kier molecular flexibility index (Phi) is 8.88. The second-order valence-electron chi connectivity index (χ2n) is 10.6. The van der Waals surface area contributed by atoms with Gasteiger partial charge in [0.1, 0.15) is 22.8 Å². The minimum atomic E-state index is -4.64. The number of carbonyl (C=O) groups is 3. The highest BCUT2D eigenvalue weighted by molar-refractivity contribution is 7.45. The molecule has 0 aromatic heterocycles. The smallest absolute Gasteiger partial charge is 0.466 e. The fourth-order valence-electron chi connectivity index (χ4n) is 5.66. The lowest BCUT2D eigenvalue weighted by atomic mass is 9.72. The predicted octanol–water partition coefficient (Wildman–Crippen LogP) is 0.100. The van der Waals surface area contributed by atoms with Gasteiger partial charge < -0.3 is 55.1 Å². The highest BCUT2D eigenvalue weighted by Crippen LogP contribution is 2.52. The van der Waals surface area contributed by atoms with Crippen LogP contribution in [0.5, 0.6) is 17.2 Å². The van der Waals surface area contributed by atoms with Crippen molar-refractivity contribution >= 4 is 25.2 Å². The van der Waals surface area contributed by atoms with Crippen molar-refractivity contribution in [1.29, 1.82) is 0 Å². The van der Waals surface area contributed by atoms with Crippen LogP contribution in [0, 0.1) is 0 Å². The van der Waals surface area contributed by atoms with E-state index in [9.17, 15) is 34.8 Å². The first kappa shape index (κ1) is 32.7. The Bertz CT molecular complexity index is 1520.